The fraction of sp³-hybridized carbons (Fsp3) is 0.350. The minimum atomic E-state index is -0.0628. The van der Waals surface area contributed by atoms with Crippen molar-refractivity contribution in [2.24, 2.45) is 0 Å². The van der Waals surface area contributed by atoms with Crippen molar-refractivity contribution in [1.29, 1.82) is 0 Å². The highest BCUT2D eigenvalue weighted by Gasteiger charge is 2.27. The number of amides is 2. The summed E-state index contributed by atoms with van der Waals surface area (Å²) in [5.74, 6) is 0. The molecule has 2 aromatic carbocycles. The molecule has 1 fully saturated rings. The molecule has 0 atom stereocenters. The third-order valence-corrected chi connectivity index (χ3v) is 5.80. The molecule has 0 unspecified atom stereocenters. The molecule has 2 aliphatic heterocycles. The fourth-order valence-electron chi connectivity index (χ4n) is 3.33. The predicted molar refractivity (Wildman–Crippen MR) is 104 cm³/mol. The standard InChI is InChI=1S/C20H23N3O2S/c24-20(21-10-5-11-22-12-14-25-15-13-22)23-16-6-1-3-8-18(16)26-19-9-4-2-7-17(19)23/h1-4,6-9H,5,10-15H2,(H,21,24). The summed E-state index contributed by atoms with van der Waals surface area (Å²) in [6.07, 6.45) is 0.942. The van der Waals surface area contributed by atoms with Crippen LogP contribution in [0.1, 0.15) is 6.42 Å². The molecule has 0 bridgehead atoms. The third-order valence-electron chi connectivity index (χ3n) is 4.67. The van der Waals surface area contributed by atoms with E-state index >= 15 is 0 Å². The number of carbonyl (C=O) groups excluding carboxylic acids is 1. The molecule has 26 heavy (non-hydrogen) atoms. The summed E-state index contributed by atoms with van der Waals surface area (Å²) in [5.41, 5.74) is 1.89. The van der Waals surface area contributed by atoms with Gasteiger partial charge in [-0.05, 0) is 37.2 Å². The number of ether oxygens (including phenoxy) is 1. The van der Waals surface area contributed by atoms with Crippen molar-refractivity contribution in [2.45, 2.75) is 16.2 Å². The van der Waals surface area contributed by atoms with Crippen LogP contribution in [0.5, 0.6) is 0 Å². The topological polar surface area (TPSA) is 44.8 Å². The highest BCUT2D eigenvalue weighted by Crippen LogP contribution is 2.47. The molecule has 0 aromatic heterocycles. The number of nitrogens with one attached hydrogen (secondary N) is 1. The van der Waals surface area contributed by atoms with Gasteiger partial charge in [0.2, 0.25) is 0 Å². The molecule has 1 saturated heterocycles. The van der Waals surface area contributed by atoms with E-state index in [2.05, 4.69) is 22.3 Å². The second-order valence-corrected chi connectivity index (χ2v) is 7.50. The van der Waals surface area contributed by atoms with Gasteiger partial charge in [-0.15, -0.1) is 0 Å². The van der Waals surface area contributed by atoms with Gasteiger partial charge in [0.25, 0.3) is 0 Å². The lowest BCUT2D eigenvalue weighted by Gasteiger charge is -2.31. The van der Waals surface area contributed by atoms with Crippen molar-refractivity contribution in [2.75, 3.05) is 44.3 Å². The Kier molecular flexibility index (Phi) is 5.43. The number of hydrogen-bond donors (Lipinski definition) is 1. The van der Waals surface area contributed by atoms with Crippen LogP contribution in [-0.2, 0) is 4.74 Å². The first-order chi connectivity index (χ1) is 12.8. The summed E-state index contributed by atoms with van der Waals surface area (Å²) in [6.45, 7) is 5.25. The molecule has 5 nitrogen and oxygen atoms in total. The number of benzene rings is 2. The number of nitrogens with zero attached hydrogens (tertiary/aromatic N) is 2. The van der Waals surface area contributed by atoms with Crippen LogP contribution >= 0.6 is 11.8 Å². The zero-order chi connectivity index (χ0) is 17.8. The SMILES string of the molecule is O=C(NCCCN1CCOCC1)N1c2ccccc2Sc2ccccc21. The van der Waals surface area contributed by atoms with Crippen LogP contribution in [0.15, 0.2) is 58.3 Å². The minimum Gasteiger partial charge on any atom is -0.379 e. The molecule has 0 radical (unpaired) electrons. The molecule has 2 aliphatic rings. The first-order valence-corrected chi connectivity index (χ1v) is 9.88. The highest BCUT2D eigenvalue weighted by molar-refractivity contribution is 7.99. The summed E-state index contributed by atoms with van der Waals surface area (Å²) in [4.78, 5) is 19.3. The number of hydrogen-bond acceptors (Lipinski definition) is 4. The molecule has 2 aromatic rings. The van der Waals surface area contributed by atoms with Crippen molar-refractivity contribution < 1.29 is 9.53 Å². The molecule has 2 heterocycles. The molecule has 0 spiro atoms. The number of carbonyl (C=O) groups is 1. The highest BCUT2D eigenvalue weighted by atomic mass is 32.2. The van der Waals surface area contributed by atoms with Crippen LogP contribution in [0.2, 0.25) is 0 Å². The van der Waals surface area contributed by atoms with Crippen LogP contribution < -0.4 is 10.2 Å². The van der Waals surface area contributed by atoms with Crippen molar-refractivity contribution in [3.05, 3.63) is 48.5 Å². The van der Waals surface area contributed by atoms with Crippen molar-refractivity contribution in [3.63, 3.8) is 0 Å². The average molecular weight is 369 g/mol. The van der Waals surface area contributed by atoms with E-state index in [4.69, 9.17) is 4.74 Å². The van der Waals surface area contributed by atoms with Crippen molar-refractivity contribution in [1.82, 2.24) is 10.2 Å². The quantitative estimate of drug-likeness (QED) is 0.835. The molecular formula is C20H23N3O2S. The Morgan fingerprint density at radius 3 is 2.27 bits per heavy atom. The predicted octanol–water partition coefficient (Wildman–Crippen LogP) is 3.72. The van der Waals surface area contributed by atoms with Gasteiger partial charge in [0, 0.05) is 29.4 Å². The zero-order valence-corrected chi connectivity index (χ0v) is 15.5. The summed E-state index contributed by atoms with van der Waals surface area (Å²) >= 11 is 1.71. The van der Waals surface area contributed by atoms with Gasteiger partial charge < -0.3 is 10.1 Å². The van der Waals surface area contributed by atoms with Crippen LogP contribution in [-0.4, -0.2) is 50.3 Å². The van der Waals surface area contributed by atoms with Gasteiger partial charge in [0.15, 0.2) is 0 Å². The number of para-hydroxylation sites is 2. The lowest BCUT2D eigenvalue weighted by molar-refractivity contribution is 0.0375. The third kappa shape index (κ3) is 3.72. The number of fused-ring (bicyclic) bond motifs is 2. The maximum absolute atomic E-state index is 12.9. The Morgan fingerprint density at radius 1 is 1.00 bits per heavy atom. The maximum Gasteiger partial charge on any atom is 0.326 e. The van der Waals surface area contributed by atoms with E-state index in [1.165, 1.54) is 0 Å². The van der Waals surface area contributed by atoms with Crippen molar-refractivity contribution in [3.8, 4) is 0 Å². The second kappa shape index (κ2) is 8.12. The molecule has 0 saturated carbocycles. The molecule has 136 valence electrons. The number of rotatable bonds is 4. The summed E-state index contributed by atoms with van der Waals surface area (Å²) < 4.78 is 5.37. The molecule has 2 amide bonds. The van der Waals surface area contributed by atoms with Crippen LogP contribution in [0.25, 0.3) is 0 Å². The van der Waals surface area contributed by atoms with Gasteiger partial charge in [-0.2, -0.15) is 0 Å². The Bertz CT molecular complexity index is 732. The minimum absolute atomic E-state index is 0.0628. The van der Waals surface area contributed by atoms with E-state index in [0.717, 1.165) is 60.4 Å². The van der Waals surface area contributed by atoms with Gasteiger partial charge >= 0.3 is 6.03 Å². The molecular weight excluding hydrogens is 346 g/mol. The Morgan fingerprint density at radius 2 is 1.62 bits per heavy atom. The van der Waals surface area contributed by atoms with Crippen LogP contribution in [0.4, 0.5) is 16.2 Å². The first-order valence-electron chi connectivity index (χ1n) is 9.07. The Labute approximate surface area is 158 Å². The molecule has 4 rings (SSSR count). The number of anilines is 2. The van der Waals surface area contributed by atoms with Gasteiger partial charge in [0.05, 0.1) is 24.6 Å². The average Bonchev–Trinajstić information content (AvgIpc) is 2.70. The second-order valence-electron chi connectivity index (χ2n) is 6.41. The number of morpholine rings is 1. The first kappa shape index (κ1) is 17.4. The van der Waals surface area contributed by atoms with Gasteiger partial charge in [-0.25, -0.2) is 4.79 Å². The molecule has 1 N–H and O–H groups in total. The van der Waals surface area contributed by atoms with Gasteiger partial charge in [-0.3, -0.25) is 9.80 Å². The van der Waals surface area contributed by atoms with Gasteiger partial charge in [0.1, 0.15) is 0 Å². The fourth-order valence-corrected chi connectivity index (χ4v) is 4.38. The van der Waals surface area contributed by atoms with E-state index in [9.17, 15) is 4.79 Å². The monoisotopic (exact) mass is 369 g/mol. The van der Waals surface area contributed by atoms with Crippen LogP contribution in [0.3, 0.4) is 0 Å². The smallest absolute Gasteiger partial charge is 0.326 e. The van der Waals surface area contributed by atoms with E-state index in [0.29, 0.717) is 6.54 Å². The summed E-state index contributed by atoms with van der Waals surface area (Å²) in [6, 6.07) is 16.1. The van der Waals surface area contributed by atoms with Gasteiger partial charge in [-0.1, -0.05) is 36.0 Å². The lowest BCUT2D eigenvalue weighted by Crippen LogP contribution is -2.41. The van der Waals surface area contributed by atoms with E-state index in [1.807, 2.05) is 36.4 Å². The van der Waals surface area contributed by atoms with E-state index in [-0.39, 0.29) is 6.03 Å². The lowest BCUT2D eigenvalue weighted by atomic mass is 10.2. The maximum atomic E-state index is 12.9. The summed E-state index contributed by atoms with van der Waals surface area (Å²) in [7, 11) is 0. The van der Waals surface area contributed by atoms with E-state index in [1.54, 1.807) is 16.7 Å². The zero-order valence-electron chi connectivity index (χ0n) is 14.7. The Hall–Kier alpha value is -2.02. The molecule has 0 aliphatic carbocycles. The molecule has 6 heteroatoms. The van der Waals surface area contributed by atoms with Crippen molar-refractivity contribution >= 4 is 29.2 Å². The number of urea groups is 1. The largest absolute Gasteiger partial charge is 0.379 e. The normalized spacial score (nSPS) is 16.7. The Balaban J connectivity index is 1.42. The summed E-state index contributed by atoms with van der Waals surface area (Å²) in [5, 5.41) is 3.09. The van der Waals surface area contributed by atoms with E-state index < -0.39 is 0 Å². The van der Waals surface area contributed by atoms with Crippen LogP contribution in [0, 0.1) is 0 Å².